The average Bonchev–Trinajstić information content (AvgIpc) is 3.26. The first-order valence-electron chi connectivity index (χ1n) is 11.3. The Bertz CT molecular complexity index is 993. The number of benzene rings is 1. The Balaban J connectivity index is 1.20. The molecule has 7 nitrogen and oxygen atoms in total. The van der Waals surface area contributed by atoms with Gasteiger partial charge in [-0.3, -0.25) is 14.7 Å². The molecule has 2 unspecified atom stereocenters. The van der Waals surface area contributed by atoms with E-state index < -0.39 is 0 Å². The van der Waals surface area contributed by atoms with Gasteiger partial charge >= 0.3 is 0 Å². The Morgan fingerprint density at radius 1 is 1.06 bits per heavy atom. The van der Waals surface area contributed by atoms with Gasteiger partial charge < -0.3 is 9.84 Å². The van der Waals surface area contributed by atoms with Gasteiger partial charge in [0.2, 0.25) is 17.6 Å². The number of nitrogens with one attached hydrogen (secondary N) is 1. The maximum atomic E-state index is 12.2. The molecule has 0 bridgehead atoms. The van der Waals surface area contributed by atoms with Crippen LogP contribution in [0.5, 0.6) is 0 Å². The average molecular weight is 434 g/mol. The first kappa shape index (κ1) is 22.1. The SMILES string of the molecule is CC1CC(C)CN(Cc2ccc(CNC(=O)CCc3nc(-c4ccncc4)no3)cc2)C1. The van der Waals surface area contributed by atoms with Gasteiger partial charge in [-0.15, -0.1) is 0 Å². The number of piperidine rings is 1. The van der Waals surface area contributed by atoms with E-state index in [4.69, 9.17) is 4.52 Å². The first-order chi connectivity index (χ1) is 15.5. The van der Waals surface area contributed by atoms with E-state index in [1.165, 1.54) is 25.1 Å². The summed E-state index contributed by atoms with van der Waals surface area (Å²) in [7, 11) is 0. The number of likely N-dealkylation sites (tertiary alicyclic amines) is 1. The minimum atomic E-state index is -0.0333. The number of aryl methyl sites for hydroxylation is 1. The molecule has 32 heavy (non-hydrogen) atoms. The van der Waals surface area contributed by atoms with Crippen LogP contribution in [0.3, 0.4) is 0 Å². The van der Waals surface area contributed by atoms with E-state index in [0.29, 0.717) is 31.1 Å². The molecular formula is C25H31N5O2. The lowest BCUT2D eigenvalue weighted by Crippen LogP contribution is -2.38. The van der Waals surface area contributed by atoms with Crippen LogP contribution in [0.15, 0.2) is 53.3 Å². The first-order valence-corrected chi connectivity index (χ1v) is 11.3. The third-order valence-corrected chi connectivity index (χ3v) is 5.84. The van der Waals surface area contributed by atoms with Crippen molar-refractivity contribution in [1.29, 1.82) is 0 Å². The number of carbonyl (C=O) groups is 1. The molecule has 1 aromatic carbocycles. The van der Waals surface area contributed by atoms with E-state index in [2.05, 4.69) is 63.5 Å². The van der Waals surface area contributed by atoms with Gasteiger partial charge in [0.15, 0.2) is 0 Å². The highest BCUT2D eigenvalue weighted by Gasteiger charge is 2.21. The fraction of sp³-hybridized carbons (Fsp3) is 0.440. The van der Waals surface area contributed by atoms with Crippen LogP contribution in [0, 0.1) is 11.8 Å². The highest BCUT2D eigenvalue weighted by atomic mass is 16.5. The summed E-state index contributed by atoms with van der Waals surface area (Å²) < 4.78 is 5.26. The summed E-state index contributed by atoms with van der Waals surface area (Å²) in [6, 6.07) is 12.2. The number of pyridine rings is 1. The van der Waals surface area contributed by atoms with E-state index in [-0.39, 0.29) is 5.91 Å². The van der Waals surface area contributed by atoms with E-state index in [1.807, 2.05) is 12.1 Å². The predicted octanol–water partition coefficient (Wildman–Crippen LogP) is 3.86. The molecule has 1 saturated heterocycles. The maximum absolute atomic E-state index is 12.2. The summed E-state index contributed by atoms with van der Waals surface area (Å²) in [6.07, 6.45) is 5.41. The third kappa shape index (κ3) is 6.23. The van der Waals surface area contributed by atoms with Crippen molar-refractivity contribution in [2.45, 2.75) is 46.2 Å². The molecule has 168 valence electrons. The minimum absolute atomic E-state index is 0.0333. The van der Waals surface area contributed by atoms with Crippen molar-refractivity contribution >= 4 is 5.91 Å². The van der Waals surface area contributed by atoms with Crippen molar-refractivity contribution in [3.8, 4) is 11.4 Å². The summed E-state index contributed by atoms with van der Waals surface area (Å²) in [5.41, 5.74) is 3.26. The molecule has 2 atom stereocenters. The molecule has 1 fully saturated rings. The largest absolute Gasteiger partial charge is 0.352 e. The Labute approximate surface area is 189 Å². The Hall–Kier alpha value is -3.06. The van der Waals surface area contributed by atoms with E-state index >= 15 is 0 Å². The van der Waals surface area contributed by atoms with Crippen LogP contribution in [-0.2, 0) is 24.3 Å². The lowest BCUT2D eigenvalue weighted by atomic mass is 9.91. The smallest absolute Gasteiger partial charge is 0.227 e. The van der Waals surface area contributed by atoms with Gasteiger partial charge in [0.1, 0.15) is 0 Å². The molecule has 2 aromatic heterocycles. The Morgan fingerprint density at radius 2 is 1.75 bits per heavy atom. The van der Waals surface area contributed by atoms with Gasteiger partial charge in [-0.1, -0.05) is 43.3 Å². The zero-order valence-electron chi connectivity index (χ0n) is 18.8. The molecule has 0 radical (unpaired) electrons. The van der Waals surface area contributed by atoms with E-state index in [1.54, 1.807) is 12.4 Å². The van der Waals surface area contributed by atoms with Crippen molar-refractivity contribution < 1.29 is 9.32 Å². The van der Waals surface area contributed by atoms with Gasteiger partial charge in [-0.2, -0.15) is 4.98 Å². The van der Waals surface area contributed by atoms with Crippen LogP contribution in [-0.4, -0.2) is 39.0 Å². The quantitative estimate of drug-likeness (QED) is 0.581. The van der Waals surface area contributed by atoms with Crippen molar-refractivity contribution in [2.75, 3.05) is 13.1 Å². The second kappa shape index (κ2) is 10.5. The summed E-state index contributed by atoms with van der Waals surface area (Å²) in [4.78, 5) is 23.1. The summed E-state index contributed by atoms with van der Waals surface area (Å²) in [5.74, 6) is 2.47. The number of hydrogen-bond acceptors (Lipinski definition) is 6. The molecule has 0 saturated carbocycles. The standard InChI is InChI=1S/C25H31N5O2/c1-18-13-19(2)16-30(15-18)17-21-5-3-20(4-6-21)14-27-23(31)7-8-24-28-25(29-32-24)22-9-11-26-12-10-22/h3-6,9-12,18-19H,7-8,13-17H2,1-2H3,(H,27,31). The molecule has 3 aromatic rings. The van der Waals surface area contributed by atoms with Crippen LogP contribution in [0.2, 0.25) is 0 Å². The number of amides is 1. The van der Waals surface area contributed by atoms with E-state index in [9.17, 15) is 4.79 Å². The summed E-state index contributed by atoms with van der Waals surface area (Å²) >= 11 is 0. The third-order valence-electron chi connectivity index (χ3n) is 5.84. The van der Waals surface area contributed by atoms with Crippen molar-refractivity contribution in [3.05, 3.63) is 65.8 Å². The number of rotatable bonds is 8. The van der Waals surface area contributed by atoms with Crippen LogP contribution >= 0.6 is 0 Å². The second-order valence-corrected chi connectivity index (χ2v) is 8.98. The second-order valence-electron chi connectivity index (χ2n) is 8.98. The molecule has 0 spiro atoms. The van der Waals surface area contributed by atoms with E-state index in [0.717, 1.165) is 29.5 Å². The Kier molecular flexibility index (Phi) is 7.27. The molecule has 3 heterocycles. The topological polar surface area (TPSA) is 84.2 Å². The highest BCUT2D eigenvalue weighted by molar-refractivity contribution is 5.76. The van der Waals surface area contributed by atoms with Gasteiger partial charge in [0.05, 0.1) is 0 Å². The zero-order valence-corrected chi connectivity index (χ0v) is 18.8. The molecule has 1 aliphatic rings. The molecule has 4 rings (SSSR count). The predicted molar refractivity (Wildman–Crippen MR) is 122 cm³/mol. The number of nitrogens with zero attached hydrogens (tertiary/aromatic N) is 4. The van der Waals surface area contributed by atoms with Crippen LogP contribution in [0.25, 0.3) is 11.4 Å². The zero-order chi connectivity index (χ0) is 22.3. The van der Waals surface area contributed by atoms with Crippen LogP contribution in [0.1, 0.15) is 43.7 Å². The maximum Gasteiger partial charge on any atom is 0.227 e. The lowest BCUT2D eigenvalue weighted by molar-refractivity contribution is -0.121. The number of carbonyl (C=O) groups excluding carboxylic acids is 1. The summed E-state index contributed by atoms with van der Waals surface area (Å²) in [6.45, 7) is 8.54. The molecular weight excluding hydrogens is 402 g/mol. The van der Waals surface area contributed by atoms with Crippen LogP contribution in [0.4, 0.5) is 0 Å². The minimum Gasteiger partial charge on any atom is -0.352 e. The van der Waals surface area contributed by atoms with Gasteiger partial charge in [0.25, 0.3) is 0 Å². The molecule has 1 aliphatic heterocycles. The molecule has 1 N–H and O–H groups in total. The highest BCUT2D eigenvalue weighted by Crippen LogP contribution is 2.22. The molecule has 1 amide bonds. The van der Waals surface area contributed by atoms with Crippen molar-refractivity contribution in [2.24, 2.45) is 11.8 Å². The molecule has 0 aliphatic carbocycles. The van der Waals surface area contributed by atoms with Crippen molar-refractivity contribution in [3.63, 3.8) is 0 Å². The number of hydrogen-bond donors (Lipinski definition) is 1. The molecule has 7 heteroatoms. The van der Waals surface area contributed by atoms with Gasteiger partial charge in [0, 0.05) is 57.0 Å². The fourth-order valence-corrected chi connectivity index (χ4v) is 4.43. The normalized spacial score (nSPS) is 19.1. The number of aromatic nitrogens is 3. The van der Waals surface area contributed by atoms with Gasteiger partial charge in [-0.25, -0.2) is 0 Å². The monoisotopic (exact) mass is 433 g/mol. The summed E-state index contributed by atoms with van der Waals surface area (Å²) in [5, 5.41) is 6.94. The van der Waals surface area contributed by atoms with Gasteiger partial charge in [-0.05, 0) is 41.5 Å². The fourth-order valence-electron chi connectivity index (χ4n) is 4.43. The lowest BCUT2D eigenvalue weighted by Gasteiger charge is -2.35. The Morgan fingerprint density at radius 3 is 2.47 bits per heavy atom. The van der Waals surface area contributed by atoms with Crippen molar-refractivity contribution in [1.82, 2.24) is 25.3 Å². The van der Waals surface area contributed by atoms with Crippen LogP contribution < -0.4 is 5.32 Å².